The molecular weight excluding hydrogens is 309 g/mol. The van der Waals surface area contributed by atoms with Gasteiger partial charge in [0.15, 0.2) is 0 Å². The first kappa shape index (κ1) is 17.7. The molecule has 0 aliphatic heterocycles. The summed E-state index contributed by atoms with van der Waals surface area (Å²) in [6.07, 6.45) is 0.185. The summed E-state index contributed by atoms with van der Waals surface area (Å²) in [7, 11) is 0. The minimum Gasteiger partial charge on any atom is -0.444 e. The molecule has 0 aromatic heterocycles. The zero-order chi connectivity index (χ0) is 17.7. The van der Waals surface area contributed by atoms with E-state index in [0.717, 1.165) is 11.8 Å². The molecule has 0 saturated carbocycles. The first-order chi connectivity index (χ1) is 11.3. The Morgan fingerprint density at radius 3 is 2.58 bits per heavy atom. The van der Waals surface area contributed by atoms with Crippen molar-refractivity contribution < 1.29 is 18.7 Å². The maximum absolute atomic E-state index is 13.9. The number of rotatable bonds is 4. The van der Waals surface area contributed by atoms with Gasteiger partial charge in [0.2, 0.25) is 0 Å². The average molecular weight is 329 g/mol. The van der Waals surface area contributed by atoms with E-state index in [9.17, 15) is 14.0 Å². The van der Waals surface area contributed by atoms with E-state index in [1.807, 2.05) is 0 Å². The zero-order valence-corrected chi connectivity index (χ0v) is 13.9. The molecule has 0 aliphatic carbocycles. The van der Waals surface area contributed by atoms with E-state index in [4.69, 9.17) is 4.74 Å². The normalized spacial score (nSPS) is 11.0. The van der Waals surface area contributed by atoms with Crippen LogP contribution in [-0.2, 0) is 11.3 Å². The number of amides is 1. The quantitative estimate of drug-likeness (QED) is 0.850. The maximum atomic E-state index is 13.9. The molecule has 1 N–H and O–H groups in total. The molecule has 2 aromatic rings. The third kappa shape index (κ3) is 5.19. The molecule has 0 heterocycles. The standard InChI is InChI=1S/C19H20FNO3/c1-19(2,3)24-18(23)21-11-14-8-16(10-17(20)9-14)15-6-4-5-13(7-15)12-22/h4-10,12H,11H2,1-3H3,(H,21,23). The van der Waals surface area contributed by atoms with Crippen molar-refractivity contribution in [3.63, 3.8) is 0 Å². The molecule has 0 aliphatic rings. The molecule has 0 unspecified atom stereocenters. The van der Waals surface area contributed by atoms with Crippen molar-refractivity contribution in [3.8, 4) is 11.1 Å². The first-order valence-electron chi connectivity index (χ1n) is 7.59. The van der Waals surface area contributed by atoms with Gasteiger partial charge in [-0.25, -0.2) is 9.18 Å². The Bertz CT molecular complexity index is 751. The average Bonchev–Trinajstić information content (AvgIpc) is 2.51. The van der Waals surface area contributed by atoms with E-state index in [1.165, 1.54) is 12.1 Å². The van der Waals surface area contributed by atoms with E-state index < -0.39 is 17.5 Å². The van der Waals surface area contributed by atoms with Crippen molar-refractivity contribution in [2.75, 3.05) is 0 Å². The zero-order valence-electron chi connectivity index (χ0n) is 13.9. The molecular formula is C19H20FNO3. The van der Waals surface area contributed by atoms with Gasteiger partial charge in [0.25, 0.3) is 0 Å². The number of carbonyl (C=O) groups is 2. The Balaban J connectivity index is 2.16. The number of carbonyl (C=O) groups excluding carboxylic acids is 2. The molecule has 4 nitrogen and oxygen atoms in total. The first-order valence-corrected chi connectivity index (χ1v) is 7.59. The van der Waals surface area contributed by atoms with Gasteiger partial charge >= 0.3 is 6.09 Å². The van der Waals surface area contributed by atoms with Crippen LogP contribution in [0.4, 0.5) is 9.18 Å². The minimum atomic E-state index is -0.591. The number of hydrogen-bond acceptors (Lipinski definition) is 3. The van der Waals surface area contributed by atoms with E-state index in [0.29, 0.717) is 16.7 Å². The van der Waals surface area contributed by atoms with Gasteiger partial charge in [0.1, 0.15) is 17.7 Å². The number of alkyl carbamates (subject to hydrolysis) is 1. The van der Waals surface area contributed by atoms with Crippen LogP contribution >= 0.6 is 0 Å². The molecule has 0 atom stereocenters. The third-order valence-corrected chi connectivity index (χ3v) is 3.15. The summed E-state index contributed by atoms with van der Waals surface area (Å²) in [5.74, 6) is -0.412. The fourth-order valence-electron chi connectivity index (χ4n) is 2.20. The molecule has 1 amide bonds. The van der Waals surface area contributed by atoms with Crippen LogP contribution in [-0.4, -0.2) is 18.0 Å². The number of halogens is 1. The molecule has 0 saturated heterocycles. The van der Waals surface area contributed by atoms with E-state index in [2.05, 4.69) is 5.32 Å². The Kier molecular flexibility index (Phi) is 5.34. The molecule has 0 bridgehead atoms. The van der Waals surface area contributed by atoms with Gasteiger partial charge < -0.3 is 10.1 Å². The van der Waals surface area contributed by atoms with Gasteiger partial charge in [-0.1, -0.05) is 18.2 Å². The van der Waals surface area contributed by atoms with Crippen molar-refractivity contribution in [3.05, 3.63) is 59.4 Å². The van der Waals surface area contributed by atoms with Gasteiger partial charge in [-0.2, -0.15) is 0 Å². The van der Waals surface area contributed by atoms with E-state index >= 15 is 0 Å². The molecule has 2 aromatic carbocycles. The summed E-state index contributed by atoms with van der Waals surface area (Å²) in [4.78, 5) is 22.6. The highest BCUT2D eigenvalue weighted by Crippen LogP contribution is 2.23. The van der Waals surface area contributed by atoms with Crippen LogP contribution in [0.3, 0.4) is 0 Å². The predicted octanol–water partition coefficient (Wildman–Crippen LogP) is 4.33. The van der Waals surface area contributed by atoms with Crippen LogP contribution in [0.1, 0.15) is 36.7 Å². The molecule has 0 spiro atoms. The van der Waals surface area contributed by atoms with Crippen molar-refractivity contribution in [2.24, 2.45) is 0 Å². The molecule has 0 radical (unpaired) electrons. The molecule has 5 heteroatoms. The smallest absolute Gasteiger partial charge is 0.407 e. The Morgan fingerprint density at radius 1 is 1.17 bits per heavy atom. The summed E-state index contributed by atoms with van der Waals surface area (Å²) < 4.78 is 19.0. The summed E-state index contributed by atoms with van der Waals surface area (Å²) in [6.45, 7) is 5.46. The molecule has 0 fully saturated rings. The monoisotopic (exact) mass is 329 g/mol. The van der Waals surface area contributed by atoms with Crippen LogP contribution < -0.4 is 5.32 Å². The predicted molar refractivity (Wildman–Crippen MR) is 90.3 cm³/mol. The molecule has 24 heavy (non-hydrogen) atoms. The number of benzene rings is 2. The largest absolute Gasteiger partial charge is 0.444 e. The fraction of sp³-hybridized carbons (Fsp3) is 0.263. The second-order valence-electron chi connectivity index (χ2n) is 6.45. The Hall–Kier alpha value is -2.69. The molecule has 126 valence electrons. The van der Waals surface area contributed by atoms with Gasteiger partial charge in [0, 0.05) is 12.1 Å². The highest BCUT2D eigenvalue weighted by Gasteiger charge is 2.16. The number of ether oxygens (including phenoxy) is 1. The maximum Gasteiger partial charge on any atom is 0.407 e. The topological polar surface area (TPSA) is 55.4 Å². The van der Waals surface area contributed by atoms with Crippen LogP contribution in [0.2, 0.25) is 0 Å². The highest BCUT2D eigenvalue weighted by atomic mass is 19.1. The van der Waals surface area contributed by atoms with Crippen LogP contribution in [0.15, 0.2) is 42.5 Å². The van der Waals surface area contributed by atoms with Crippen molar-refractivity contribution >= 4 is 12.4 Å². The number of hydrogen-bond donors (Lipinski definition) is 1. The van der Waals surface area contributed by atoms with Gasteiger partial charge in [0.05, 0.1) is 0 Å². The third-order valence-electron chi connectivity index (χ3n) is 3.15. The summed E-state index contributed by atoms with van der Waals surface area (Å²) in [6, 6.07) is 11.4. The van der Waals surface area contributed by atoms with Gasteiger partial charge in [-0.15, -0.1) is 0 Å². The van der Waals surface area contributed by atoms with Crippen molar-refractivity contribution in [1.29, 1.82) is 0 Å². The summed E-state index contributed by atoms with van der Waals surface area (Å²) in [5.41, 5.74) is 1.90. The lowest BCUT2D eigenvalue weighted by Gasteiger charge is -2.19. The van der Waals surface area contributed by atoms with E-state index in [-0.39, 0.29) is 6.54 Å². The number of aldehydes is 1. The summed E-state index contributed by atoms with van der Waals surface area (Å²) >= 11 is 0. The second kappa shape index (κ2) is 7.25. The van der Waals surface area contributed by atoms with Crippen LogP contribution in [0, 0.1) is 5.82 Å². The van der Waals surface area contributed by atoms with E-state index in [1.54, 1.807) is 51.1 Å². The summed E-state index contributed by atoms with van der Waals surface area (Å²) in [5, 5.41) is 2.60. The SMILES string of the molecule is CC(C)(C)OC(=O)NCc1cc(F)cc(-c2cccc(C=O)c2)c1. The lowest BCUT2D eigenvalue weighted by molar-refractivity contribution is 0.0523. The van der Waals surface area contributed by atoms with Gasteiger partial charge in [-0.3, -0.25) is 4.79 Å². The van der Waals surface area contributed by atoms with Crippen LogP contribution in [0.5, 0.6) is 0 Å². The van der Waals surface area contributed by atoms with Crippen molar-refractivity contribution in [2.45, 2.75) is 32.9 Å². The minimum absolute atomic E-state index is 0.146. The fourth-order valence-corrected chi connectivity index (χ4v) is 2.20. The van der Waals surface area contributed by atoms with Crippen LogP contribution in [0.25, 0.3) is 11.1 Å². The Morgan fingerprint density at radius 2 is 1.92 bits per heavy atom. The number of nitrogens with one attached hydrogen (secondary N) is 1. The van der Waals surface area contributed by atoms with Gasteiger partial charge in [-0.05, 0) is 61.7 Å². The Labute approximate surface area is 140 Å². The second-order valence-corrected chi connectivity index (χ2v) is 6.45. The van der Waals surface area contributed by atoms with Crippen molar-refractivity contribution in [1.82, 2.24) is 5.32 Å². The lowest BCUT2D eigenvalue weighted by atomic mass is 10.0. The highest BCUT2D eigenvalue weighted by molar-refractivity contribution is 5.79. The molecule has 2 rings (SSSR count). The lowest BCUT2D eigenvalue weighted by Crippen LogP contribution is -2.32.